The van der Waals surface area contributed by atoms with Crippen molar-refractivity contribution >= 4 is 29.9 Å². The van der Waals surface area contributed by atoms with E-state index in [0.29, 0.717) is 0 Å². The normalized spacial score (nSPS) is 23.1. The van der Waals surface area contributed by atoms with E-state index in [1.165, 1.54) is 71.4 Å². The summed E-state index contributed by atoms with van der Waals surface area (Å²) in [7, 11) is 2.23. The minimum atomic E-state index is 0. The Hall–Kier alpha value is -0.120. The van der Waals surface area contributed by atoms with Gasteiger partial charge < -0.3 is 20.4 Å². The smallest absolute Gasteiger partial charge is 0.191 e. The molecule has 1 atom stereocenters. The number of nitrogens with one attached hydrogen (secondary N) is 2. The third-order valence-corrected chi connectivity index (χ3v) is 5.97. The molecular weight excluding hydrogens is 463 g/mol. The van der Waals surface area contributed by atoms with Crippen molar-refractivity contribution in [3.8, 4) is 0 Å². The number of likely N-dealkylation sites (tertiary alicyclic amines) is 1. The highest BCUT2D eigenvalue weighted by atomic mass is 127. The average molecular weight is 509 g/mol. The van der Waals surface area contributed by atoms with Crippen LogP contribution in [0.3, 0.4) is 0 Å². The second-order valence-electron chi connectivity index (χ2n) is 8.13. The number of hydrogen-bond donors (Lipinski definition) is 2. The van der Waals surface area contributed by atoms with Crippen LogP contribution in [0.4, 0.5) is 0 Å². The largest absolute Gasteiger partial charge is 0.357 e. The van der Waals surface area contributed by atoms with Gasteiger partial charge in [0.15, 0.2) is 5.96 Å². The van der Waals surface area contributed by atoms with Crippen molar-refractivity contribution in [2.75, 3.05) is 72.5 Å². The number of guanidine groups is 1. The highest BCUT2D eigenvalue weighted by molar-refractivity contribution is 14.0. The lowest BCUT2D eigenvalue weighted by Gasteiger charge is -2.35. The van der Waals surface area contributed by atoms with Crippen LogP contribution in [0, 0.1) is 0 Å². The van der Waals surface area contributed by atoms with Gasteiger partial charge in [-0.1, -0.05) is 13.3 Å². The minimum Gasteiger partial charge on any atom is -0.357 e. The molecule has 2 aliphatic rings. The number of rotatable bonds is 9. The fourth-order valence-corrected chi connectivity index (χ4v) is 4.29. The molecule has 2 saturated heterocycles. The fourth-order valence-electron chi connectivity index (χ4n) is 4.29. The monoisotopic (exact) mass is 508 g/mol. The molecule has 0 saturated carbocycles. The van der Waals surface area contributed by atoms with E-state index in [9.17, 15) is 0 Å². The summed E-state index contributed by atoms with van der Waals surface area (Å²) in [5.41, 5.74) is 0. The van der Waals surface area contributed by atoms with Crippen molar-refractivity contribution in [1.82, 2.24) is 25.3 Å². The van der Waals surface area contributed by atoms with E-state index >= 15 is 0 Å². The van der Waals surface area contributed by atoms with Crippen LogP contribution in [0.15, 0.2) is 4.99 Å². The summed E-state index contributed by atoms with van der Waals surface area (Å²) in [4.78, 5) is 12.5. The SMILES string of the molecule is CCNC(=NCCCN1CCCN(C)CC1)NCCN1CCCCC1CC.I. The Morgan fingerprint density at radius 3 is 2.61 bits per heavy atom. The van der Waals surface area contributed by atoms with E-state index < -0.39 is 0 Å². The predicted octanol–water partition coefficient (Wildman–Crippen LogP) is 2.45. The lowest BCUT2D eigenvalue weighted by Crippen LogP contribution is -2.46. The zero-order valence-electron chi connectivity index (χ0n) is 18.6. The molecule has 6 nitrogen and oxygen atoms in total. The predicted molar refractivity (Wildman–Crippen MR) is 132 cm³/mol. The maximum Gasteiger partial charge on any atom is 0.191 e. The summed E-state index contributed by atoms with van der Waals surface area (Å²) in [6.45, 7) is 15.7. The van der Waals surface area contributed by atoms with Gasteiger partial charge in [0.25, 0.3) is 0 Å². The summed E-state index contributed by atoms with van der Waals surface area (Å²) in [6, 6.07) is 0.785. The zero-order valence-corrected chi connectivity index (χ0v) is 20.9. The minimum absolute atomic E-state index is 0. The standard InChI is InChI=1S/C21H44N6.HI/c1-4-20-10-6-7-16-27(20)17-12-24-21(22-5-2)23-11-8-14-26-15-9-13-25(3)18-19-26;/h20H,4-19H2,1-3H3,(H2,22,23,24);1H. The molecule has 0 spiro atoms. The second kappa shape index (κ2) is 15.7. The van der Waals surface area contributed by atoms with Gasteiger partial charge in [-0.25, -0.2) is 0 Å². The van der Waals surface area contributed by atoms with Crippen molar-refractivity contribution in [2.24, 2.45) is 4.99 Å². The molecule has 0 aliphatic carbocycles. The van der Waals surface area contributed by atoms with Crippen molar-refractivity contribution < 1.29 is 0 Å². The van der Waals surface area contributed by atoms with E-state index in [-0.39, 0.29) is 24.0 Å². The molecule has 1 unspecified atom stereocenters. The first-order valence-electron chi connectivity index (χ1n) is 11.4. The van der Waals surface area contributed by atoms with E-state index in [2.05, 4.69) is 46.2 Å². The van der Waals surface area contributed by atoms with Crippen LogP contribution in [0.25, 0.3) is 0 Å². The number of likely N-dealkylation sites (N-methyl/N-ethyl adjacent to an activating group) is 1. The van der Waals surface area contributed by atoms with Gasteiger partial charge in [0, 0.05) is 45.3 Å². The highest BCUT2D eigenvalue weighted by Gasteiger charge is 2.20. The van der Waals surface area contributed by atoms with Gasteiger partial charge in [-0.05, 0) is 72.3 Å². The Labute approximate surface area is 190 Å². The second-order valence-corrected chi connectivity index (χ2v) is 8.13. The molecule has 2 heterocycles. The number of piperidine rings is 1. The molecular formula is C21H45IN6. The molecule has 2 aliphatic heterocycles. The van der Waals surface area contributed by atoms with Crippen LogP contribution >= 0.6 is 24.0 Å². The number of nitrogens with zero attached hydrogens (tertiary/aromatic N) is 4. The maximum atomic E-state index is 4.80. The first kappa shape index (κ1) is 25.9. The molecule has 166 valence electrons. The van der Waals surface area contributed by atoms with Crippen LogP contribution in [0.2, 0.25) is 0 Å². The average Bonchev–Trinajstić information content (AvgIpc) is 2.89. The Morgan fingerprint density at radius 1 is 0.964 bits per heavy atom. The molecule has 0 aromatic rings. The Kier molecular flexibility index (Phi) is 14.5. The first-order valence-corrected chi connectivity index (χ1v) is 11.4. The van der Waals surface area contributed by atoms with Gasteiger partial charge in [0.1, 0.15) is 0 Å². The number of halogens is 1. The lowest BCUT2D eigenvalue weighted by atomic mass is 10.0. The molecule has 2 rings (SSSR count). The third-order valence-electron chi connectivity index (χ3n) is 5.97. The molecule has 0 bridgehead atoms. The molecule has 0 aromatic carbocycles. The van der Waals surface area contributed by atoms with Crippen LogP contribution in [0.5, 0.6) is 0 Å². The van der Waals surface area contributed by atoms with E-state index in [1.54, 1.807) is 0 Å². The number of hydrogen-bond acceptors (Lipinski definition) is 4. The lowest BCUT2D eigenvalue weighted by molar-refractivity contribution is 0.147. The topological polar surface area (TPSA) is 46.1 Å². The van der Waals surface area contributed by atoms with Crippen LogP contribution in [-0.4, -0.2) is 99.2 Å². The highest BCUT2D eigenvalue weighted by Crippen LogP contribution is 2.18. The van der Waals surface area contributed by atoms with E-state index in [1.807, 2.05) is 0 Å². The molecule has 0 aromatic heterocycles. The zero-order chi connectivity index (χ0) is 19.3. The molecule has 2 fully saturated rings. The van der Waals surface area contributed by atoms with Gasteiger partial charge in [-0.3, -0.25) is 9.89 Å². The van der Waals surface area contributed by atoms with Crippen molar-refractivity contribution in [3.63, 3.8) is 0 Å². The van der Waals surface area contributed by atoms with Gasteiger partial charge in [0.2, 0.25) is 0 Å². The Bertz CT molecular complexity index is 420. The number of aliphatic imine (C=N–C) groups is 1. The quantitative estimate of drug-likeness (QED) is 0.217. The van der Waals surface area contributed by atoms with Crippen LogP contribution in [-0.2, 0) is 0 Å². The molecule has 0 radical (unpaired) electrons. The fraction of sp³-hybridized carbons (Fsp3) is 0.952. The Morgan fingerprint density at radius 2 is 1.82 bits per heavy atom. The van der Waals surface area contributed by atoms with Gasteiger partial charge in [-0.15, -0.1) is 24.0 Å². The van der Waals surface area contributed by atoms with Gasteiger partial charge >= 0.3 is 0 Å². The molecule has 7 heteroatoms. The van der Waals surface area contributed by atoms with Crippen LogP contribution in [0.1, 0.15) is 52.4 Å². The maximum absolute atomic E-state index is 4.80. The van der Waals surface area contributed by atoms with Gasteiger partial charge in [-0.2, -0.15) is 0 Å². The van der Waals surface area contributed by atoms with Crippen molar-refractivity contribution in [2.45, 2.75) is 58.4 Å². The first-order chi connectivity index (χ1) is 13.2. The molecule has 0 amide bonds. The van der Waals surface area contributed by atoms with Crippen molar-refractivity contribution in [3.05, 3.63) is 0 Å². The van der Waals surface area contributed by atoms with Crippen LogP contribution < -0.4 is 10.6 Å². The molecule has 28 heavy (non-hydrogen) atoms. The summed E-state index contributed by atoms with van der Waals surface area (Å²) in [6.07, 6.45) is 7.84. The summed E-state index contributed by atoms with van der Waals surface area (Å²) < 4.78 is 0. The van der Waals surface area contributed by atoms with E-state index in [0.717, 1.165) is 44.6 Å². The van der Waals surface area contributed by atoms with Crippen molar-refractivity contribution in [1.29, 1.82) is 0 Å². The third kappa shape index (κ3) is 10.1. The van der Waals surface area contributed by atoms with Gasteiger partial charge in [0.05, 0.1) is 0 Å². The summed E-state index contributed by atoms with van der Waals surface area (Å²) in [5.74, 6) is 0.984. The summed E-state index contributed by atoms with van der Waals surface area (Å²) in [5, 5.41) is 6.94. The van der Waals surface area contributed by atoms with E-state index in [4.69, 9.17) is 4.99 Å². The Balaban J connectivity index is 0.00000392. The summed E-state index contributed by atoms with van der Waals surface area (Å²) >= 11 is 0. The molecule has 2 N–H and O–H groups in total.